The Labute approximate surface area is 196 Å². The van der Waals surface area contributed by atoms with Crippen LogP contribution in [0.1, 0.15) is 32.2 Å². The second-order valence-corrected chi connectivity index (χ2v) is 8.94. The molecule has 0 radical (unpaired) electrons. The van der Waals surface area contributed by atoms with E-state index < -0.39 is 41.7 Å². The number of rotatable bonds is 6. The molecule has 1 aromatic carbocycles. The van der Waals surface area contributed by atoms with Crippen LogP contribution in [-0.4, -0.2) is 57.2 Å². The molecule has 1 aliphatic rings. The van der Waals surface area contributed by atoms with Gasteiger partial charge in [0.1, 0.15) is 5.75 Å². The molecule has 178 valence electrons. The smallest absolute Gasteiger partial charge is 0.303 e. The zero-order valence-electron chi connectivity index (χ0n) is 19.5. The maximum Gasteiger partial charge on any atom is 0.303 e. The molecule has 0 N–H and O–H groups in total. The van der Waals surface area contributed by atoms with Crippen molar-refractivity contribution in [1.29, 1.82) is 0 Å². The highest BCUT2D eigenvalue weighted by atomic mass is 32.2. The molecule has 0 unspecified atom stereocenters. The summed E-state index contributed by atoms with van der Waals surface area (Å²) in [6.45, 7) is 7.72. The first kappa shape index (κ1) is 24.6. The third-order valence-electron chi connectivity index (χ3n) is 5.19. The number of aromatic nitrogens is 2. The van der Waals surface area contributed by atoms with Gasteiger partial charge in [0.25, 0.3) is 0 Å². The van der Waals surface area contributed by atoms with Gasteiger partial charge in [0.2, 0.25) is 0 Å². The largest absolute Gasteiger partial charge is 0.476 e. The van der Waals surface area contributed by atoms with Crippen molar-refractivity contribution in [2.45, 2.75) is 58.4 Å². The van der Waals surface area contributed by atoms with Crippen LogP contribution in [0.25, 0.3) is 11.1 Å². The van der Waals surface area contributed by atoms with Gasteiger partial charge in [0.15, 0.2) is 23.7 Å². The summed E-state index contributed by atoms with van der Waals surface area (Å²) in [4.78, 5) is 35.1. The van der Waals surface area contributed by atoms with E-state index in [1.807, 2.05) is 43.8 Å². The molecule has 1 aliphatic heterocycles. The molecule has 2 aromatic rings. The Bertz CT molecular complexity index is 1050. The Kier molecular flexibility index (Phi) is 7.68. The van der Waals surface area contributed by atoms with Crippen LogP contribution < -0.4 is 4.74 Å². The Morgan fingerprint density at radius 3 is 2.21 bits per heavy atom. The number of ether oxygens (including phenoxy) is 4. The van der Waals surface area contributed by atoms with E-state index in [1.165, 1.54) is 32.5 Å². The number of benzene rings is 1. The first-order chi connectivity index (χ1) is 15.6. The normalized spacial score (nSPS) is 22.4. The maximum absolute atomic E-state index is 11.8. The number of carbonyl (C=O) groups excluding carboxylic acids is 3. The molecule has 0 spiro atoms. The molecule has 1 saturated heterocycles. The van der Waals surface area contributed by atoms with Crippen molar-refractivity contribution in [3.63, 3.8) is 0 Å². The Balaban J connectivity index is 1.90. The second kappa shape index (κ2) is 10.3. The lowest BCUT2D eigenvalue weighted by atomic mass is 10.0. The number of nitrogens with zero attached hydrogens (tertiary/aromatic N) is 2. The fraction of sp³-hybridized carbons (Fsp3) is 0.478. The average molecular weight is 477 g/mol. The summed E-state index contributed by atoms with van der Waals surface area (Å²) in [7, 11) is 1.89. The molecule has 0 bridgehead atoms. The minimum absolute atomic E-state index is 0.306. The number of aryl methyl sites for hydroxylation is 2. The Hall–Kier alpha value is -3.01. The molecule has 33 heavy (non-hydrogen) atoms. The lowest BCUT2D eigenvalue weighted by Crippen LogP contribution is -2.55. The van der Waals surface area contributed by atoms with Crippen molar-refractivity contribution >= 4 is 29.7 Å². The molecular weight excluding hydrogens is 448 g/mol. The van der Waals surface area contributed by atoms with Crippen LogP contribution in [-0.2, 0) is 35.6 Å². The van der Waals surface area contributed by atoms with E-state index >= 15 is 0 Å². The Morgan fingerprint density at radius 1 is 1.00 bits per heavy atom. The van der Waals surface area contributed by atoms with Gasteiger partial charge in [-0.05, 0) is 31.5 Å². The van der Waals surface area contributed by atoms with Gasteiger partial charge < -0.3 is 18.9 Å². The van der Waals surface area contributed by atoms with Crippen molar-refractivity contribution in [3.05, 3.63) is 35.7 Å². The van der Waals surface area contributed by atoms with Gasteiger partial charge >= 0.3 is 17.9 Å². The van der Waals surface area contributed by atoms with E-state index in [0.29, 0.717) is 11.5 Å². The number of thioether (sulfide) groups is 1. The average Bonchev–Trinajstić information content (AvgIpc) is 2.97. The molecule has 3 rings (SSSR count). The van der Waals surface area contributed by atoms with E-state index in [0.717, 1.165) is 22.5 Å². The molecule has 4 atom stereocenters. The summed E-state index contributed by atoms with van der Waals surface area (Å²) in [5, 5.41) is 4.47. The van der Waals surface area contributed by atoms with Gasteiger partial charge in [0.05, 0.1) is 5.69 Å². The SMILES string of the molecule is CC(=O)O[C@@H]1[C@@H](OC(C)=O)[C@@H](Oc2cccc(-c3c(C)nn(C)c3C)c2)SC[C@H]1OC(C)=O. The quantitative estimate of drug-likeness (QED) is 0.459. The van der Waals surface area contributed by atoms with Crippen molar-refractivity contribution in [2.24, 2.45) is 7.05 Å². The minimum atomic E-state index is -0.993. The molecule has 9 nitrogen and oxygen atoms in total. The second-order valence-electron chi connectivity index (χ2n) is 7.81. The third kappa shape index (κ3) is 5.87. The van der Waals surface area contributed by atoms with Gasteiger partial charge in [-0.15, -0.1) is 11.8 Å². The number of hydrogen-bond acceptors (Lipinski definition) is 9. The summed E-state index contributed by atoms with van der Waals surface area (Å²) in [6, 6.07) is 7.53. The standard InChI is InChI=1S/C23H28N2O7S/c1-12-20(13(2)25(6)24-12)17-8-7-9-18(10-17)32-23-22(31-16(5)28)21(30-15(4)27)19(11-33-23)29-14(3)26/h7-10,19,21-23H,11H2,1-6H3/t19-,21+,22-,23+/m1/s1. The van der Waals surface area contributed by atoms with Crippen LogP contribution in [0.3, 0.4) is 0 Å². The van der Waals surface area contributed by atoms with Gasteiger partial charge in [-0.1, -0.05) is 12.1 Å². The number of carbonyl (C=O) groups is 3. The summed E-state index contributed by atoms with van der Waals surface area (Å²) in [5.41, 5.74) is 3.19. The number of hydrogen-bond donors (Lipinski definition) is 0. The topological polar surface area (TPSA) is 106 Å². The van der Waals surface area contributed by atoms with E-state index in [2.05, 4.69) is 5.10 Å². The first-order valence-corrected chi connectivity index (χ1v) is 11.5. The van der Waals surface area contributed by atoms with Crippen LogP contribution >= 0.6 is 11.8 Å². The van der Waals surface area contributed by atoms with Gasteiger partial charge in [-0.2, -0.15) is 5.10 Å². The molecular formula is C23H28N2O7S. The lowest BCUT2D eigenvalue weighted by Gasteiger charge is -2.39. The van der Waals surface area contributed by atoms with Gasteiger partial charge in [0, 0.05) is 44.8 Å². The summed E-state index contributed by atoms with van der Waals surface area (Å²) < 4.78 is 24.3. The Morgan fingerprint density at radius 2 is 1.64 bits per heavy atom. The summed E-state index contributed by atoms with van der Waals surface area (Å²) in [6.07, 6.45) is -2.74. The predicted octanol–water partition coefficient (Wildman–Crippen LogP) is 2.95. The fourth-order valence-electron chi connectivity index (χ4n) is 3.86. The van der Waals surface area contributed by atoms with Gasteiger partial charge in [-0.3, -0.25) is 19.1 Å². The van der Waals surface area contributed by atoms with Crippen molar-refractivity contribution in [2.75, 3.05) is 5.75 Å². The fourth-order valence-corrected chi connectivity index (χ4v) is 5.08. The highest BCUT2D eigenvalue weighted by Crippen LogP contribution is 2.36. The van der Waals surface area contributed by atoms with E-state index in [1.54, 1.807) is 6.07 Å². The number of esters is 3. The van der Waals surface area contributed by atoms with Crippen LogP contribution in [0, 0.1) is 13.8 Å². The van der Waals surface area contributed by atoms with Crippen LogP contribution in [0.15, 0.2) is 24.3 Å². The lowest BCUT2D eigenvalue weighted by molar-refractivity contribution is -0.186. The summed E-state index contributed by atoms with van der Waals surface area (Å²) in [5.74, 6) is -0.805. The molecule has 0 saturated carbocycles. The predicted molar refractivity (Wildman–Crippen MR) is 122 cm³/mol. The van der Waals surface area contributed by atoms with E-state index in [-0.39, 0.29) is 0 Å². The molecule has 1 aromatic heterocycles. The minimum Gasteiger partial charge on any atom is -0.476 e. The highest BCUT2D eigenvalue weighted by Gasteiger charge is 2.47. The zero-order chi connectivity index (χ0) is 24.3. The first-order valence-electron chi connectivity index (χ1n) is 10.5. The van der Waals surface area contributed by atoms with E-state index in [9.17, 15) is 14.4 Å². The highest BCUT2D eigenvalue weighted by molar-refractivity contribution is 7.99. The molecule has 1 fully saturated rings. The molecule has 10 heteroatoms. The monoisotopic (exact) mass is 476 g/mol. The van der Waals surface area contributed by atoms with Crippen LogP contribution in [0.5, 0.6) is 5.75 Å². The van der Waals surface area contributed by atoms with Crippen molar-refractivity contribution in [1.82, 2.24) is 9.78 Å². The van der Waals surface area contributed by atoms with Crippen molar-refractivity contribution < 1.29 is 33.3 Å². The molecule has 2 heterocycles. The zero-order valence-corrected chi connectivity index (χ0v) is 20.3. The van der Waals surface area contributed by atoms with Gasteiger partial charge in [-0.25, -0.2) is 0 Å². The van der Waals surface area contributed by atoms with E-state index in [4.69, 9.17) is 18.9 Å². The summed E-state index contributed by atoms with van der Waals surface area (Å²) >= 11 is 1.32. The maximum atomic E-state index is 11.8. The van der Waals surface area contributed by atoms with Crippen LogP contribution in [0.2, 0.25) is 0 Å². The third-order valence-corrected chi connectivity index (χ3v) is 6.40. The molecule has 0 aliphatic carbocycles. The molecule has 0 amide bonds. The van der Waals surface area contributed by atoms with Crippen LogP contribution in [0.4, 0.5) is 0 Å². The van der Waals surface area contributed by atoms with Crippen molar-refractivity contribution in [3.8, 4) is 16.9 Å².